The number of alkyl halides is 3. The molecule has 0 radical (unpaired) electrons. The number of hydrogen-bond acceptors (Lipinski definition) is 3. The number of aryl methyl sites for hydroxylation is 1. The summed E-state index contributed by atoms with van der Waals surface area (Å²) in [4.78, 5) is 20.7. The van der Waals surface area contributed by atoms with Crippen LogP contribution < -0.4 is 5.32 Å². The Labute approximate surface area is 146 Å². The fourth-order valence-electron chi connectivity index (χ4n) is 3.84. The Balaban J connectivity index is 2.07. The molecule has 134 valence electrons. The number of pyridine rings is 1. The number of hydrogen-bond donors (Lipinski definition) is 1. The van der Waals surface area contributed by atoms with Gasteiger partial charge in [-0.1, -0.05) is 12.1 Å². The van der Waals surface area contributed by atoms with E-state index in [9.17, 15) is 22.4 Å². The van der Waals surface area contributed by atoms with Gasteiger partial charge in [0.05, 0.1) is 5.69 Å². The first-order chi connectivity index (χ1) is 12.3. The van der Waals surface area contributed by atoms with Gasteiger partial charge in [0, 0.05) is 18.2 Å². The topological polar surface area (TPSA) is 54.4 Å². The van der Waals surface area contributed by atoms with Crippen LogP contribution in [0.5, 0.6) is 0 Å². The molecule has 0 saturated heterocycles. The molecular formula is C18H13F4N3O. The van der Waals surface area contributed by atoms with Crippen LogP contribution in [-0.4, -0.2) is 23.8 Å². The Kier molecular flexibility index (Phi) is 3.44. The molecule has 1 N–H and O–H groups in total. The van der Waals surface area contributed by atoms with E-state index in [0.717, 1.165) is 6.07 Å². The van der Waals surface area contributed by atoms with E-state index in [2.05, 4.69) is 15.3 Å². The number of halogens is 4. The molecule has 0 unspecified atom stereocenters. The average molecular weight is 363 g/mol. The molecule has 1 amide bonds. The Morgan fingerprint density at radius 2 is 1.96 bits per heavy atom. The third kappa shape index (κ3) is 2.11. The lowest BCUT2D eigenvalue weighted by molar-refractivity contribution is -0.141. The van der Waals surface area contributed by atoms with Crippen LogP contribution in [-0.2, 0) is 22.8 Å². The van der Waals surface area contributed by atoms with E-state index in [0.29, 0.717) is 12.0 Å². The Hall–Kier alpha value is -2.77. The summed E-state index contributed by atoms with van der Waals surface area (Å²) < 4.78 is 54.3. The summed E-state index contributed by atoms with van der Waals surface area (Å²) >= 11 is 0. The Morgan fingerprint density at radius 3 is 2.65 bits per heavy atom. The van der Waals surface area contributed by atoms with E-state index >= 15 is 0 Å². The van der Waals surface area contributed by atoms with Gasteiger partial charge in [-0.2, -0.15) is 18.2 Å². The van der Waals surface area contributed by atoms with Gasteiger partial charge < -0.3 is 5.32 Å². The van der Waals surface area contributed by atoms with Gasteiger partial charge >= 0.3 is 6.18 Å². The molecular weight excluding hydrogens is 350 g/mol. The number of amides is 1. The second-order valence-corrected chi connectivity index (χ2v) is 6.29. The Bertz CT molecular complexity index is 967. The highest BCUT2D eigenvalue weighted by atomic mass is 19.4. The van der Waals surface area contributed by atoms with Crippen LogP contribution in [0.4, 0.5) is 17.6 Å². The summed E-state index contributed by atoms with van der Waals surface area (Å²) in [5.41, 5.74) is -1.90. The van der Waals surface area contributed by atoms with E-state index in [4.69, 9.17) is 0 Å². The normalized spacial score (nSPS) is 21.4. The molecule has 8 heteroatoms. The number of fused-ring (bicyclic) bond motifs is 4. The van der Waals surface area contributed by atoms with Crippen molar-refractivity contribution in [2.24, 2.45) is 4.99 Å². The van der Waals surface area contributed by atoms with Crippen LogP contribution in [0.25, 0.3) is 0 Å². The molecule has 26 heavy (non-hydrogen) atoms. The van der Waals surface area contributed by atoms with Crippen LogP contribution in [0.2, 0.25) is 0 Å². The smallest absolute Gasteiger partial charge is 0.372 e. The molecule has 2 heterocycles. The van der Waals surface area contributed by atoms with Crippen LogP contribution in [0, 0.1) is 5.82 Å². The second-order valence-electron chi connectivity index (χ2n) is 6.29. The number of carbonyl (C=O) groups excluding carboxylic acids is 1. The van der Waals surface area contributed by atoms with Gasteiger partial charge in [0.25, 0.3) is 5.91 Å². The summed E-state index contributed by atoms with van der Waals surface area (Å²) in [6, 6.07) is 6.46. The van der Waals surface area contributed by atoms with Crippen molar-refractivity contribution >= 4 is 11.7 Å². The van der Waals surface area contributed by atoms with Gasteiger partial charge in [0.15, 0.2) is 0 Å². The molecule has 0 fully saturated rings. The Morgan fingerprint density at radius 1 is 1.19 bits per heavy atom. The molecule has 1 atom stereocenters. The average Bonchev–Trinajstić information content (AvgIpc) is 2.99. The molecule has 4 rings (SSSR count). The molecule has 1 aliphatic carbocycles. The van der Waals surface area contributed by atoms with Gasteiger partial charge in [-0.05, 0) is 36.6 Å². The first-order valence-electron chi connectivity index (χ1n) is 7.97. The number of amidine groups is 1. The molecule has 2 aliphatic rings. The third-order valence-corrected chi connectivity index (χ3v) is 4.96. The monoisotopic (exact) mass is 363 g/mol. The fraction of sp³-hybridized carbons (Fsp3) is 0.278. The van der Waals surface area contributed by atoms with Crippen molar-refractivity contribution in [3.63, 3.8) is 0 Å². The van der Waals surface area contributed by atoms with Crippen LogP contribution in [0.15, 0.2) is 35.3 Å². The van der Waals surface area contributed by atoms with Gasteiger partial charge in [-0.3, -0.25) is 4.79 Å². The molecule has 4 nitrogen and oxygen atoms in total. The first-order valence-corrected chi connectivity index (χ1v) is 7.97. The van der Waals surface area contributed by atoms with Crippen molar-refractivity contribution in [2.75, 3.05) is 7.05 Å². The van der Waals surface area contributed by atoms with Crippen molar-refractivity contribution in [2.45, 2.75) is 24.4 Å². The van der Waals surface area contributed by atoms with Crippen molar-refractivity contribution in [3.8, 4) is 0 Å². The number of nitrogens with zero attached hydrogens (tertiary/aromatic N) is 2. The lowest BCUT2D eigenvalue weighted by Crippen LogP contribution is -2.43. The van der Waals surface area contributed by atoms with Gasteiger partial charge in [-0.15, -0.1) is 0 Å². The maximum absolute atomic E-state index is 14.6. The molecule has 1 aromatic heterocycles. The van der Waals surface area contributed by atoms with Gasteiger partial charge in [-0.25, -0.2) is 9.37 Å². The van der Waals surface area contributed by atoms with Crippen LogP contribution >= 0.6 is 0 Å². The van der Waals surface area contributed by atoms with E-state index in [1.807, 2.05) is 0 Å². The fourth-order valence-corrected chi connectivity index (χ4v) is 3.84. The number of aromatic nitrogens is 1. The minimum atomic E-state index is -4.68. The zero-order chi connectivity index (χ0) is 18.7. The quantitative estimate of drug-likeness (QED) is 0.733. The molecule has 1 aromatic carbocycles. The first kappa shape index (κ1) is 16.7. The van der Waals surface area contributed by atoms with E-state index in [1.54, 1.807) is 6.07 Å². The van der Waals surface area contributed by atoms with Gasteiger partial charge in [0.1, 0.15) is 22.8 Å². The summed E-state index contributed by atoms with van der Waals surface area (Å²) in [6.07, 6.45) is -4.19. The van der Waals surface area contributed by atoms with Crippen molar-refractivity contribution in [1.82, 2.24) is 10.3 Å². The van der Waals surface area contributed by atoms with E-state index < -0.39 is 29.0 Å². The molecule has 1 spiro atoms. The molecule has 1 aliphatic heterocycles. The second kappa shape index (κ2) is 5.36. The summed E-state index contributed by atoms with van der Waals surface area (Å²) in [6.45, 7) is 0. The number of nitrogens with one attached hydrogen (secondary N) is 1. The van der Waals surface area contributed by atoms with Crippen molar-refractivity contribution in [1.29, 1.82) is 0 Å². The maximum atomic E-state index is 14.6. The van der Waals surface area contributed by atoms with Crippen LogP contribution in [0.1, 0.15) is 34.5 Å². The SMILES string of the molecule is CNC1=NC(=O)[C@]2(CCc3cccc(F)c32)c2nc(C(F)(F)F)ccc21. The predicted molar refractivity (Wildman–Crippen MR) is 85.3 cm³/mol. The lowest BCUT2D eigenvalue weighted by atomic mass is 9.74. The standard InChI is InChI=1S/C18H13F4N3O/c1-23-15-10-5-6-12(18(20,21)22)24-14(10)17(16(26)25-15)8-7-9-3-2-4-11(19)13(9)17/h2-6H,7-8H2,1H3,(H,23,25,26)/t17-/m0/s1. The highest BCUT2D eigenvalue weighted by Gasteiger charge is 2.54. The molecule has 0 bridgehead atoms. The summed E-state index contributed by atoms with van der Waals surface area (Å²) in [5, 5.41) is 2.71. The number of aliphatic imine (C=N–C) groups is 1. The molecule has 2 aromatic rings. The van der Waals surface area contributed by atoms with Crippen molar-refractivity contribution < 1.29 is 22.4 Å². The minimum Gasteiger partial charge on any atom is -0.372 e. The largest absolute Gasteiger partial charge is 0.433 e. The highest BCUT2D eigenvalue weighted by molar-refractivity contribution is 6.13. The predicted octanol–water partition coefficient (Wildman–Crippen LogP) is 2.98. The summed E-state index contributed by atoms with van der Waals surface area (Å²) in [5.74, 6) is -1.21. The highest BCUT2D eigenvalue weighted by Crippen LogP contribution is 2.48. The van der Waals surface area contributed by atoms with Crippen LogP contribution in [0.3, 0.4) is 0 Å². The zero-order valence-electron chi connectivity index (χ0n) is 13.6. The van der Waals surface area contributed by atoms with E-state index in [1.165, 1.54) is 25.2 Å². The number of rotatable bonds is 0. The zero-order valence-corrected chi connectivity index (χ0v) is 13.6. The van der Waals surface area contributed by atoms with Gasteiger partial charge in [0.2, 0.25) is 0 Å². The third-order valence-electron chi connectivity index (χ3n) is 4.96. The lowest BCUT2D eigenvalue weighted by Gasteiger charge is -2.32. The summed E-state index contributed by atoms with van der Waals surface area (Å²) in [7, 11) is 1.51. The molecule has 0 saturated carbocycles. The van der Waals surface area contributed by atoms with E-state index in [-0.39, 0.29) is 29.1 Å². The number of carbonyl (C=O) groups is 1. The van der Waals surface area contributed by atoms with Crippen molar-refractivity contribution in [3.05, 3.63) is 64.2 Å². The minimum absolute atomic E-state index is 0.0805. The number of benzene rings is 1. The maximum Gasteiger partial charge on any atom is 0.433 e.